The fraction of sp³-hybridized carbons (Fsp3) is 0.0741. The molecule has 0 aliphatic heterocycles. The van der Waals surface area contributed by atoms with Crippen LogP contribution in [0.3, 0.4) is 0 Å². The molecule has 4 aromatic rings. The monoisotopic (exact) mass is 359 g/mol. The van der Waals surface area contributed by atoms with Crippen LogP contribution in [0.25, 0.3) is 16.8 Å². The van der Waals surface area contributed by atoms with Gasteiger partial charge in [-0.1, -0.05) is 90.5 Å². The molecule has 0 amide bonds. The summed E-state index contributed by atoms with van der Waals surface area (Å²) in [5, 5.41) is 11.4. The lowest BCUT2D eigenvalue weighted by Crippen LogP contribution is -2.10. The molecular weight excluding hydrogens is 338 g/mol. The maximum Gasteiger partial charge on any atom is 0.0687 e. The third kappa shape index (κ3) is 2.68. The number of benzene rings is 4. The van der Waals surface area contributed by atoms with Crippen LogP contribution < -0.4 is 0 Å². The highest BCUT2D eigenvalue weighted by atomic mass is 14.4. The lowest BCUT2D eigenvalue weighted by Gasteiger charge is -2.21. The second-order valence-electron chi connectivity index (χ2n) is 7.48. The molecule has 0 spiro atoms. The van der Waals surface area contributed by atoms with Gasteiger partial charge in [0, 0.05) is 17.0 Å². The summed E-state index contributed by atoms with van der Waals surface area (Å²) in [6, 6.07) is 31.6. The Morgan fingerprint density at radius 3 is 2.14 bits per heavy atom. The predicted molar refractivity (Wildman–Crippen MR) is 118 cm³/mol. The number of nitrogens with one attached hydrogen (secondary N) is 1. The number of allylic oxidation sites excluding steroid dienone is 1. The first-order chi connectivity index (χ1) is 13.7. The van der Waals surface area contributed by atoms with Gasteiger partial charge in [0.05, 0.1) is 5.71 Å². The van der Waals surface area contributed by atoms with Gasteiger partial charge in [0.25, 0.3) is 0 Å². The van der Waals surface area contributed by atoms with Gasteiger partial charge in [0.2, 0.25) is 0 Å². The zero-order valence-electron chi connectivity index (χ0n) is 15.8. The maximum atomic E-state index is 8.98. The van der Waals surface area contributed by atoms with Gasteiger partial charge >= 0.3 is 0 Å². The number of fused-ring (bicyclic) bond motifs is 2. The van der Waals surface area contributed by atoms with Crippen LogP contribution >= 0.6 is 0 Å². The molecule has 0 bridgehead atoms. The summed E-state index contributed by atoms with van der Waals surface area (Å²) in [5.74, 6) is 0.194. The standard InChI is InChI=1S/C27H21N/c1-18-15-22-13-7-8-14-23(22)26(18)24-16-20-11-5-6-12-21(20)17-25(24)27(28)19-9-3-2-4-10-19/h2-17,26,28H,1H3. The summed E-state index contributed by atoms with van der Waals surface area (Å²) in [6.07, 6.45) is 2.28. The molecule has 1 atom stereocenters. The molecule has 1 aliphatic carbocycles. The van der Waals surface area contributed by atoms with E-state index in [-0.39, 0.29) is 5.92 Å². The van der Waals surface area contributed by atoms with E-state index in [0.717, 1.165) is 11.1 Å². The Hall–Kier alpha value is -3.45. The summed E-state index contributed by atoms with van der Waals surface area (Å²) in [6.45, 7) is 2.20. The van der Waals surface area contributed by atoms with E-state index in [1.807, 2.05) is 30.3 Å². The molecule has 1 N–H and O–H groups in total. The van der Waals surface area contributed by atoms with E-state index in [0.29, 0.717) is 5.71 Å². The van der Waals surface area contributed by atoms with Crippen LogP contribution in [0, 0.1) is 5.41 Å². The van der Waals surface area contributed by atoms with Crippen LogP contribution in [-0.4, -0.2) is 5.71 Å². The molecule has 134 valence electrons. The topological polar surface area (TPSA) is 23.9 Å². The highest BCUT2D eigenvalue weighted by molar-refractivity contribution is 6.13. The van der Waals surface area contributed by atoms with Gasteiger partial charge in [-0.2, -0.15) is 0 Å². The number of rotatable bonds is 3. The molecule has 4 aromatic carbocycles. The Labute approximate surface area is 165 Å². The van der Waals surface area contributed by atoms with Crippen LogP contribution in [0.1, 0.15) is 40.7 Å². The highest BCUT2D eigenvalue weighted by Gasteiger charge is 2.27. The van der Waals surface area contributed by atoms with Crippen molar-refractivity contribution in [1.29, 1.82) is 5.41 Å². The van der Waals surface area contributed by atoms with Crippen molar-refractivity contribution in [3.63, 3.8) is 0 Å². The van der Waals surface area contributed by atoms with Crippen molar-refractivity contribution in [3.05, 3.63) is 124 Å². The molecule has 1 aliphatic rings. The molecule has 5 rings (SSSR count). The second-order valence-corrected chi connectivity index (χ2v) is 7.48. The zero-order valence-corrected chi connectivity index (χ0v) is 15.8. The first-order valence-corrected chi connectivity index (χ1v) is 9.66. The Balaban J connectivity index is 1.76. The summed E-state index contributed by atoms with van der Waals surface area (Å²) in [7, 11) is 0. The molecule has 0 aromatic heterocycles. The minimum atomic E-state index is 0.194. The Kier molecular flexibility index (Phi) is 3.95. The van der Waals surface area contributed by atoms with E-state index in [2.05, 4.69) is 73.7 Å². The van der Waals surface area contributed by atoms with Crippen molar-refractivity contribution in [2.75, 3.05) is 0 Å². The molecule has 0 radical (unpaired) electrons. The van der Waals surface area contributed by atoms with E-state index >= 15 is 0 Å². The molecule has 28 heavy (non-hydrogen) atoms. The second kappa shape index (κ2) is 6.61. The van der Waals surface area contributed by atoms with Crippen molar-refractivity contribution in [1.82, 2.24) is 0 Å². The lowest BCUT2D eigenvalue weighted by atomic mass is 9.82. The smallest absolute Gasteiger partial charge is 0.0687 e. The van der Waals surface area contributed by atoms with E-state index in [9.17, 15) is 0 Å². The van der Waals surface area contributed by atoms with Crippen molar-refractivity contribution in [3.8, 4) is 0 Å². The maximum absolute atomic E-state index is 8.98. The fourth-order valence-corrected chi connectivity index (χ4v) is 4.37. The van der Waals surface area contributed by atoms with Gasteiger partial charge in [0.1, 0.15) is 0 Å². The number of hydrogen-bond acceptors (Lipinski definition) is 1. The molecule has 0 saturated carbocycles. The summed E-state index contributed by atoms with van der Waals surface area (Å²) in [4.78, 5) is 0. The first-order valence-electron chi connectivity index (χ1n) is 9.66. The zero-order chi connectivity index (χ0) is 19.1. The van der Waals surface area contributed by atoms with Crippen LogP contribution in [0.4, 0.5) is 0 Å². The van der Waals surface area contributed by atoms with Crippen LogP contribution in [0.5, 0.6) is 0 Å². The molecule has 1 heteroatoms. The van der Waals surface area contributed by atoms with Crippen molar-refractivity contribution < 1.29 is 0 Å². The summed E-state index contributed by atoms with van der Waals surface area (Å²) < 4.78 is 0. The molecule has 0 saturated heterocycles. The van der Waals surface area contributed by atoms with Crippen molar-refractivity contribution in [2.24, 2.45) is 0 Å². The van der Waals surface area contributed by atoms with Gasteiger partial charge in [-0.15, -0.1) is 0 Å². The van der Waals surface area contributed by atoms with E-state index < -0.39 is 0 Å². The van der Waals surface area contributed by atoms with E-state index in [4.69, 9.17) is 5.41 Å². The van der Waals surface area contributed by atoms with Gasteiger partial charge in [-0.3, -0.25) is 5.41 Å². The van der Waals surface area contributed by atoms with Gasteiger partial charge in [0.15, 0.2) is 0 Å². The Morgan fingerprint density at radius 1 is 0.714 bits per heavy atom. The highest BCUT2D eigenvalue weighted by Crippen LogP contribution is 2.43. The SMILES string of the molecule is CC1=Cc2ccccc2C1c1cc2ccccc2cc1C(=N)c1ccccc1. The molecule has 1 unspecified atom stereocenters. The normalized spacial score (nSPS) is 15.3. The first kappa shape index (κ1) is 16.7. The molecular formula is C27H21N. The van der Waals surface area contributed by atoms with Gasteiger partial charge in [-0.05, 0) is 46.5 Å². The quantitative estimate of drug-likeness (QED) is 0.389. The third-order valence-electron chi connectivity index (χ3n) is 5.71. The Bertz CT molecular complexity index is 1230. The van der Waals surface area contributed by atoms with E-state index in [1.54, 1.807) is 0 Å². The minimum Gasteiger partial charge on any atom is -0.300 e. The summed E-state index contributed by atoms with van der Waals surface area (Å²) in [5.41, 5.74) is 7.71. The van der Waals surface area contributed by atoms with Gasteiger partial charge in [-0.25, -0.2) is 0 Å². The fourth-order valence-electron chi connectivity index (χ4n) is 4.37. The molecule has 1 nitrogen and oxygen atoms in total. The lowest BCUT2D eigenvalue weighted by molar-refractivity contribution is 0.975. The molecule has 0 heterocycles. The van der Waals surface area contributed by atoms with Crippen LogP contribution in [-0.2, 0) is 0 Å². The average Bonchev–Trinajstić information content (AvgIpc) is 3.08. The van der Waals surface area contributed by atoms with Crippen LogP contribution in [0.2, 0.25) is 0 Å². The summed E-state index contributed by atoms with van der Waals surface area (Å²) >= 11 is 0. The van der Waals surface area contributed by atoms with E-state index in [1.165, 1.54) is 33.0 Å². The average molecular weight is 359 g/mol. The Morgan fingerprint density at radius 2 is 1.36 bits per heavy atom. The predicted octanol–water partition coefficient (Wildman–Crippen LogP) is 6.80. The van der Waals surface area contributed by atoms with Crippen molar-refractivity contribution >= 4 is 22.6 Å². The number of hydrogen-bond donors (Lipinski definition) is 1. The third-order valence-corrected chi connectivity index (χ3v) is 5.71. The largest absolute Gasteiger partial charge is 0.300 e. The minimum absolute atomic E-state index is 0.194. The van der Waals surface area contributed by atoms with Crippen molar-refractivity contribution in [2.45, 2.75) is 12.8 Å². The van der Waals surface area contributed by atoms with Crippen LogP contribution in [0.15, 0.2) is 96.6 Å². The van der Waals surface area contributed by atoms with Gasteiger partial charge < -0.3 is 0 Å². The molecule has 0 fully saturated rings.